The van der Waals surface area contributed by atoms with Crippen LogP contribution in [0.2, 0.25) is 0 Å². The van der Waals surface area contributed by atoms with Gasteiger partial charge in [0.25, 0.3) is 5.91 Å². The van der Waals surface area contributed by atoms with Crippen LogP contribution in [0.3, 0.4) is 0 Å². The molecule has 1 fully saturated rings. The number of ether oxygens (including phenoxy) is 1. The highest BCUT2D eigenvalue weighted by Crippen LogP contribution is 2.38. The molecule has 1 aliphatic heterocycles. The standard InChI is InChI=1S/C21H20N4O6S3/c1-4-31-18(29)14(16-17(28)25(8-13(26)27)21(32)34-16)12-9-33-20(22-12)24-19(30)23-15-10(2)6-5-7-11(15)3/h5-7,9H,4,8H2,1-3H3,(H,26,27)(H2,22,23,24,30)/b16-14-. The first kappa shape index (κ1) is 25.3. The summed E-state index contributed by atoms with van der Waals surface area (Å²) in [4.78, 5) is 54.2. The Morgan fingerprint density at radius 1 is 1.21 bits per heavy atom. The molecule has 13 heteroatoms. The summed E-state index contributed by atoms with van der Waals surface area (Å²) in [5.41, 5.74) is 2.41. The van der Waals surface area contributed by atoms with E-state index in [1.807, 2.05) is 32.0 Å². The minimum Gasteiger partial charge on any atom is -0.480 e. The monoisotopic (exact) mass is 520 g/mol. The number of benzene rings is 1. The van der Waals surface area contributed by atoms with E-state index >= 15 is 0 Å². The average Bonchev–Trinajstić information content (AvgIpc) is 3.31. The zero-order valence-corrected chi connectivity index (χ0v) is 20.8. The van der Waals surface area contributed by atoms with Crippen LogP contribution in [0.15, 0.2) is 28.5 Å². The highest BCUT2D eigenvalue weighted by molar-refractivity contribution is 8.26. The van der Waals surface area contributed by atoms with Crippen molar-refractivity contribution in [3.8, 4) is 0 Å². The Kier molecular flexibility index (Phi) is 8.02. The first-order chi connectivity index (χ1) is 16.1. The van der Waals surface area contributed by atoms with E-state index in [4.69, 9.17) is 22.1 Å². The maximum absolute atomic E-state index is 12.8. The van der Waals surface area contributed by atoms with E-state index in [2.05, 4.69) is 15.6 Å². The van der Waals surface area contributed by atoms with Crippen molar-refractivity contribution < 1.29 is 29.0 Å². The Hall–Kier alpha value is -3.29. The number of para-hydroxylation sites is 1. The number of thioether (sulfide) groups is 1. The van der Waals surface area contributed by atoms with Gasteiger partial charge in [-0.25, -0.2) is 14.6 Å². The quantitative estimate of drug-likeness (QED) is 0.284. The maximum Gasteiger partial charge on any atom is 0.341 e. The SMILES string of the molecule is CCOC(=O)/C(=C1\SC(=S)N(CC(=O)O)C1=O)c1csc(NC(=O)Nc2c(C)cccc2C)n1. The number of nitrogens with zero attached hydrogens (tertiary/aromatic N) is 2. The normalized spacial score (nSPS) is 14.7. The maximum atomic E-state index is 12.8. The molecule has 1 aliphatic rings. The molecular formula is C21H20N4O6S3. The molecule has 10 nitrogen and oxygen atoms in total. The number of carboxylic acids is 1. The number of carbonyl (C=O) groups excluding carboxylic acids is 3. The number of thiocarbonyl (C=S) groups is 1. The third-order valence-electron chi connectivity index (χ3n) is 4.55. The van der Waals surface area contributed by atoms with Crippen molar-refractivity contribution in [2.24, 2.45) is 0 Å². The van der Waals surface area contributed by atoms with Gasteiger partial charge in [-0.05, 0) is 31.9 Å². The number of aromatic nitrogens is 1. The van der Waals surface area contributed by atoms with E-state index < -0.39 is 30.4 Å². The molecule has 0 spiro atoms. The minimum absolute atomic E-state index is 0.00533. The predicted octanol–water partition coefficient (Wildman–Crippen LogP) is 3.62. The number of hydrogen-bond acceptors (Lipinski definition) is 9. The fourth-order valence-corrected chi connectivity index (χ4v) is 5.05. The van der Waals surface area contributed by atoms with Crippen molar-refractivity contribution in [1.82, 2.24) is 9.88 Å². The van der Waals surface area contributed by atoms with E-state index in [0.717, 1.165) is 39.1 Å². The van der Waals surface area contributed by atoms with Crippen LogP contribution in [0, 0.1) is 13.8 Å². The number of hydrogen-bond donors (Lipinski definition) is 3. The van der Waals surface area contributed by atoms with Crippen LogP contribution < -0.4 is 10.6 Å². The number of rotatable bonds is 7. The molecule has 2 aromatic rings. The van der Waals surface area contributed by atoms with E-state index in [-0.39, 0.29) is 32.2 Å². The number of aryl methyl sites for hydroxylation is 2. The van der Waals surface area contributed by atoms with Crippen molar-refractivity contribution in [3.63, 3.8) is 0 Å². The molecule has 0 bridgehead atoms. The summed E-state index contributed by atoms with van der Waals surface area (Å²) in [6.45, 7) is 4.77. The number of anilines is 2. The summed E-state index contributed by atoms with van der Waals surface area (Å²) >= 11 is 6.96. The number of nitrogens with one attached hydrogen (secondary N) is 2. The molecule has 0 saturated carbocycles. The summed E-state index contributed by atoms with van der Waals surface area (Å²) in [6, 6.07) is 5.10. The van der Waals surface area contributed by atoms with Gasteiger partial charge in [0.05, 0.1) is 17.2 Å². The van der Waals surface area contributed by atoms with Crippen LogP contribution in [0.4, 0.5) is 15.6 Å². The number of carboxylic acid groups (broad SMARTS) is 1. The molecule has 1 saturated heterocycles. The van der Waals surface area contributed by atoms with Crippen molar-refractivity contribution in [2.45, 2.75) is 20.8 Å². The molecular weight excluding hydrogens is 500 g/mol. The van der Waals surface area contributed by atoms with Crippen molar-refractivity contribution in [2.75, 3.05) is 23.8 Å². The van der Waals surface area contributed by atoms with Gasteiger partial charge in [0.15, 0.2) is 5.13 Å². The Bertz CT molecular complexity index is 1200. The third-order valence-corrected chi connectivity index (χ3v) is 6.76. The lowest BCUT2D eigenvalue weighted by Gasteiger charge is -2.11. The summed E-state index contributed by atoms with van der Waals surface area (Å²) in [5, 5.41) is 16.1. The fraction of sp³-hybridized carbons (Fsp3) is 0.238. The van der Waals surface area contributed by atoms with E-state index in [0.29, 0.717) is 5.69 Å². The number of aliphatic carboxylic acids is 1. The van der Waals surface area contributed by atoms with Gasteiger partial charge in [0.1, 0.15) is 16.4 Å². The zero-order chi connectivity index (χ0) is 25.0. The molecule has 34 heavy (non-hydrogen) atoms. The van der Waals surface area contributed by atoms with Crippen molar-refractivity contribution >= 4 is 79.9 Å². The third kappa shape index (κ3) is 5.61. The number of carbonyl (C=O) groups is 4. The minimum atomic E-state index is -1.25. The predicted molar refractivity (Wildman–Crippen MR) is 134 cm³/mol. The van der Waals surface area contributed by atoms with Gasteiger partial charge >= 0.3 is 18.0 Å². The Balaban J connectivity index is 1.88. The van der Waals surface area contributed by atoms with Crippen LogP contribution in [0.1, 0.15) is 23.7 Å². The Labute approximate surface area is 208 Å². The fourth-order valence-electron chi connectivity index (χ4n) is 3.04. The van der Waals surface area contributed by atoms with Crippen LogP contribution in [-0.2, 0) is 19.1 Å². The second kappa shape index (κ2) is 10.8. The van der Waals surface area contributed by atoms with Gasteiger partial charge in [-0.3, -0.25) is 19.8 Å². The van der Waals surface area contributed by atoms with Gasteiger partial charge in [0, 0.05) is 11.1 Å². The molecule has 1 aromatic heterocycles. The molecule has 1 aromatic carbocycles. The molecule has 0 atom stereocenters. The molecule has 3 amide bonds. The molecule has 0 aliphatic carbocycles. The number of amides is 3. The molecule has 0 unspecified atom stereocenters. The lowest BCUT2D eigenvalue weighted by Crippen LogP contribution is -2.33. The first-order valence-corrected chi connectivity index (χ1v) is 12.0. The van der Waals surface area contributed by atoms with Gasteiger partial charge in [-0.1, -0.05) is 42.2 Å². The lowest BCUT2D eigenvalue weighted by atomic mass is 10.1. The summed E-state index contributed by atoms with van der Waals surface area (Å²) in [6.07, 6.45) is 0. The van der Waals surface area contributed by atoms with Gasteiger partial charge in [-0.15, -0.1) is 11.3 Å². The average molecular weight is 521 g/mol. The highest BCUT2D eigenvalue weighted by Gasteiger charge is 2.38. The largest absolute Gasteiger partial charge is 0.480 e. The van der Waals surface area contributed by atoms with Crippen LogP contribution >= 0.6 is 35.3 Å². The molecule has 2 heterocycles. The molecule has 0 radical (unpaired) electrons. The van der Waals surface area contributed by atoms with Gasteiger partial charge in [0.2, 0.25) is 0 Å². The Morgan fingerprint density at radius 2 is 1.88 bits per heavy atom. The van der Waals surface area contributed by atoms with Crippen LogP contribution in [0.5, 0.6) is 0 Å². The summed E-state index contributed by atoms with van der Waals surface area (Å²) < 4.78 is 5.10. The number of thiazole rings is 1. The topological polar surface area (TPSA) is 138 Å². The second-order valence-electron chi connectivity index (χ2n) is 6.96. The van der Waals surface area contributed by atoms with Gasteiger partial charge in [-0.2, -0.15) is 0 Å². The van der Waals surface area contributed by atoms with E-state index in [9.17, 15) is 19.2 Å². The zero-order valence-electron chi connectivity index (χ0n) is 18.3. The smallest absolute Gasteiger partial charge is 0.341 e. The highest BCUT2D eigenvalue weighted by atomic mass is 32.2. The first-order valence-electron chi connectivity index (χ1n) is 9.89. The number of urea groups is 1. The second-order valence-corrected chi connectivity index (χ2v) is 9.46. The lowest BCUT2D eigenvalue weighted by molar-refractivity contribution is -0.140. The van der Waals surface area contributed by atoms with Crippen molar-refractivity contribution in [1.29, 1.82) is 0 Å². The van der Waals surface area contributed by atoms with E-state index in [1.165, 1.54) is 5.38 Å². The molecule has 178 valence electrons. The molecule has 3 rings (SSSR count). The Morgan fingerprint density at radius 3 is 2.50 bits per heavy atom. The van der Waals surface area contributed by atoms with Crippen molar-refractivity contribution in [3.05, 3.63) is 45.3 Å². The molecule has 3 N–H and O–H groups in total. The van der Waals surface area contributed by atoms with Crippen LogP contribution in [-0.4, -0.2) is 56.3 Å². The van der Waals surface area contributed by atoms with E-state index in [1.54, 1.807) is 6.92 Å². The summed E-state index contributed by atoms with van der Waals surface area (Å²) in [5.74, 6) is -2.78. The van der Waals surface area contributed by atoms with Crippen LogP contribution in [0.25, 0.3) is 5.57 Å². The summed E-state index contributed by atoms with van der Waals surface area (Å²) in [7, 11) is 0. The van der Waals surface area contributed by atoms with Gasteiger partial charge < -0.3 is 15.2 Å². The number of esters is 1.